The van der Waals surface area contributed by atoms with Crippen molar-refractivity contribution in [2.45, 2.75) is 19.8 Å². The second kappa shape index (κ2) is 7.87. The molecule has 1 aliphatic heterocycles. The maximum Gasteiger partial charge on any atom is 0.232 e. The van der Waals surface area contributed by atoms with Crippen molar-refractivity contribution in [2.75, 3.05) is 25.1 Å². The summed E-state index contributed by atoms with van der Waals surface area (Å²) < 4.78 is 5.40. The van der Waals surface area contributed by atoms with Crippen LogP contribution >= 0.6 is 0 Å². The zero-order valence-corrected chi connectivity index (χ0v) is 14.7. The number of anilines is 1. The summed E-state index contributed by atoms with van der Waals surface area (Å²) >= 11 is 0. The van der Waals surface area contributed by atoms with E-state index in [1.807, 2.05) is 25.1 Å². The fourth-order valence-corrected chi connectivity index (χ4v) is 2.66. The number of carbonyl (C=O) groups is 1. The van der Waals surface area contributed by atoms with E-state index < -0.39 is 0 Å². The molecule has 0 atom stereocenters. The Morgan fingerprint density at radius 3 is 3.08 bits per heavy atom. The average molecular weight is 356 g/mol. The molecule has 1 N–H and O–H groups in total. The van der Waals surface area contributed by atoms with Crippen molar-refractivity contribution in [1.82, 2.24) is 15.0 Å². The molecule has 136 valence electrons. The summed E-state index contributed by atoms with van der Waals surface area (Å²) in [4.78, 5) is 26.4. The van der Waals surface area contributed by atoms with E-state index in [1.165, 1.54) is 0 Å². The predicted octanol–water partition coefficient (Wildman–Crippen LogP) is 2.02. The number of aromatic nitrogens is 2. The van der Waals surface area contributed by atoms with Crippen LogP contribution in [0.3, 0.4) is 0 Å². The Morgan fingerprint density at radius 1 is 1.54 bits per heavy atom. The topological polar surface area (TPSA) is 105 Å². The molecule has 0 radical (unpaired) electrons. The lowest BCUT2D eigenvalue weighted by Crippen LogP contribution is -2.45. The molecule has 1 fully saturated rings. The number of amides is 1. The summed E-state index contributed by atoms with van der Waals surface area (Å²) in [6.07, 6.45) is 0.650. The molecular formula is C17H20N6O3. The second-order valence-corrected chi connectivity index (χ2v) is 6.02. The quantitative estimate of drug-likeness (QED) is 0.352. The first-order valence-corrected chi connectivity index (χ1v) is 8.12. The van der Waals surface area contributed by atoms with E-state index in [9.17, 15) is 4.79 Å². The van der Waals surface area contributed by atoms with Crippen LogP contribution in [0, 0.1) is 6.92 Å². The van der Waals surface area contributed by atoms with Crippen LogP contribution < -0.4 is 5.32 Å². The van der Waals surface area contributed by atoms with E-state index >= 15 is 0 Å². The maximum absolute atomic E-state index is 10.7. The molecule has 1 amide bonds. The Labute approximate surface area is 150 Å². The van der Waals surface area contributed by atoms with Crippen LogP contribution in [0.5, 0.6) is 0 Å². The van der Waals surface area contributed by atoms with Gasteiger partial charge in [0.25, 0.3) is 0 Å². The van der Waals surface area contributed by atoms with E-state index in [4.69, 9.17) is 9.36 Å². The molecule has 0 aliphatic carbocycles. The predicted molar refractivity (Wildman–Crippen MR) is 97.1 cm³/mol. The van der Waals surface area contributed by atoms with Gasteiger partial charge >= 0.3 is 0 Å². The molecule has 1 aromatic heterocycles. The van der Waals surface area contributed by atoms with Gasteiger partial charge in [-0.2, -0.15) is 4.98 Å². The normalized spacial score (nSPS) is 15.4. The van der Waals surface area contributed by atoms with Gasteiger partial charge in [0.15, 0.2) is 0 Å². The van der Waals surface area contributed by atoms with Crippen molar-refractivity contribution in [3.63, 3.8) is 0 Å². The number of nitrogens with one attached hydrogen (secondary N) is 1. The molecule has 9 nitrogen and oxygen atoms in total. The Hall–Kier alpha value is -3.07. The highest BCUT2D eigenvalue weighted by Crippen LogP contribution is 2.28. The van der Waals surface area contributed by atoms with Crippen LogP contribution in [0.15, 0.2) is 32.9 Å². The largest absolute Gasteiger partial charge is 0.343 e. The molecule has 26 heavy (non-hydrogen) atoms. The van der Waals surface area contributed by atoms with Crippen LogP contribution in [-0.2, 0) is 9.63 Å². The highest BCUT2D eigenvalue weighted by molar-refractivity contribution is 5.76. The molecule has 1 aromatic carbocycles. The highest BCUT2D eigenvalue weighted by atomic mass is 16.6. The number of carbonyl (C=O) groups excluding carboxylic acids is 1. The minimum atomic E-state index is 0.184. The van der Waals surface area contributed by atoms with Crippen molar-refractivity contribution < 1.29 is 14.2 Å². The monoisotopic (exact) mass is 356 g/mol. The first kappa shape index (κ1) is 17.7. The third-order valence-corrected chi connectivity index (χ3v) is 4.15. The highest BCUT2D eigenvalue weighted by Gasteiger charge is 2.32. The summed E-state index contributed by atoms with van der Waals surface area (Å²) in [6, 6.07) is 5.64. The van der Waals surface area contributed by atoms with Crippen LogP contribution in [0.1, 0.15) is 24.3 Å². The lowest BCUT2D eigenvalue weighted by atomic mass is 10.0. The lowest BCUT2D eigenvalue weighted by molar-refractivity contribution is -0.105. The van der Waals surface area contributed by atoms with Gasteiger partial charge in [-0.25, -0.2) is 4.99 Å². The first-order chi connectivity index (χ1) is 12.6. The van der Waals surface area contributed by atoms with Crippen LogP contribution in [0.4, 0.5) is 5.69 Å². The molecule has 9 heteroatoms. The molecule has 0 bridgehead atoms. The Bertz CT molecular complexity index is 826. The SMILES string of the molecule is C=NO/C(C)=N\CN1CC(c2nc(-c3ccc(C)c(NC=O)c3)no2)C1. The van der Waals surface area contributed by atoms with Crippen molar-refractivity contribution in [3.05, 3.63) is 29.7 Å². The van der Waals surface area contributed by atoms with Gasteiger partial charge in [-0.3, -0.25) is 9.69 Å². The lowest BCUT2D eigenvalue weighted by Gasteiger charge is -2.35. The van der Waals surface area contributed by atoms with Gasteiger partial charge in [0.05, 0.1) is 12.6 Å². The molecule has 2 heterocycles. The molecule has 1 aliphatic rings. The van der Waals surface area contributed by atoms with E-state index in [0.29, 0.717) is 30.7 Å². The number of rotatable bonds is 7. The van der Waals surface area contributed by atoms with Gasteiger partial charge in [-0.15, -0.1) is 0 Å². The number of aliphatic imine (C=N–C) groups is 1. The number of nitrogens with zero attached hydrogens (tertiary/aromatic N) is 5. The zero-order valence-electron chi connectivity index (χ0n) is 14.7. The van der Waals surface area contributed by atoms with Crippen molar-refractivity contribution in [1.29, 1.82) is 0 Å². The number of likely N-dealkylation sites (tertiary alicyclic amines) is 1. The number of aryl methyl sites for hydroxylation is 1. The Morgan fingerprint density at radius 2 is 2.35 bits per heavy atom. The minimum absolute atomic E-state index is 0.184. The molecule has 1 saturated heterocycles. The molecule has 0 saturated carbocycles. The van der Waals surface area contributed by atoms with E-state index in [2.05, 4.69) is 37.2 Å². The third-order valence-electron chi connectivity index (χ3n) is 4.15. The van der Waals surface area contributed by atoms with Gasteiger partial charge < -0.3 is 14.7 Å². The minimum Gasteiger partial charge on any atom is -0.343 e. The summed E-state index contributed by atoms with van der Waals surface area (Å²) in [6.45, 7) is 8.98. The first-order valence-electron chi connectivity index (χ1n) is 8.12. The summed E-state index contributed by atoms with van der Waals surface area (Å²) in [7, 11) is 0. The van der Waals surface area contributed by atoms with Crippen LogP contribution in [0.25, 0.3) is 11.4 Å². The summed E-state index contributed by atoms with van der Waals surface area (Å²) in [5.74, 6) is 1.77. The van der Waals surface area contributed by atoms with Gasteiger partial charge in [0, 0.05) is 38.0 Å². The van der Waals surface area contributed by atoms with Crippen molar-refractivity contribution in [3.8, 4) is 11.4 Å². The number of hydrogen-bond donors (Lipinski definition) is 1. The molecule has 2 aromatic rings. The molecular weight excluding hydrogens is 336 g/mol. The second-order valence-electron chi connectivity index (χ2n) is 6.02. The van der Waals surface area contributed by atoms with Gasteiger partial charge in [0.2, 0.25) is 24.0 Å². The summed E-state index contributed by atoms with van der Waals surface area (Å²) in [5, 5.41) is 10.0. The zero-order chi connectivity index (χ0) is 18.5. The standard InChI is InChI=1S/C17H20N6O3/c1-11-4-5-13(6-15(11)20-10-24)16-21-17(26-22-16)14-7-23(8-14)9-19-12(2)25-18-3/h4-6,10,14H,3,7-9H2,1-2H3,(H,20,24)/b19-12-. The fourth-order valence-electron chi connectivity index (χ4n) is 2.66. The number of oxime groups is 1. The third kappa shape index (κ3) is 3.94. The summed E-state index contributed by atoms with van der Waals surface area (Å²) in [5.41, 5.74) is 2.48. The molecule has 0 spiro atoms. The van der Waals surface area contributed by atoms with Crippen molar-refractivity contribution in [2.24, 2.45) is 10.1 Å². The molecule has 0 unspecified atom stereocenters. The Kier molecular flexibility index (Phi) is 5.37. The van der Waals surface area contributed by atoms with E-state index in [1.54, 1.807) is 6.92 Å². The number of benzene rings is 1. The van der Waals surface area contributed by atoms with E-state index in [-0.39, 0.29) is 5.92 Å². The van der Waals surface area contributed by atoms with Gasteiger partial charge in [-0.05, 0) is 18.6 Å². The van der Waals surface area contributed by atoms with Crippen LogP contribution in [-0.4, -0.2) is 53.8 Å². The van der Waals surface area contributed by atoms with Gasteiger partial charge in [-0.1, -0.05) is 22.4 Å². The van der Waals surface area contributed by atoms with Gasteiger partial charge in [0.1, 0.15) is 0 Å². The van der Waals surface area contributed by atoms with Crippen molar-refractivity contribution >= 4 is 24.7 Å². The average Bonchev–Trinajstić information content (AvgIpc) is 3.05. The number of hydrogen-bond acceptors (Lipinski definition) is 8. The van der Waals surface area contributed by atoms with E-state index in [0.717, 1.165) is 29.9 Å². The molecule has 3 rings (SSSR count). The Balaban J connectivity index is 1.61. The maximum atomic E-state index is 10.7. The van der Waals surface area contributed by atoms with Crippen LogP contribution in [0.2, 0.25) is 0 Å². The smallest absolute Gasteiger partial charge is 0.232 e. The fraction of sp³-hybridized carbons (Fsp3) is 0.353.